The minimum absolute atomic E-state index is 0.140. The lowest BCUT2D eigenvalue weighted by Crippen LogP contribution is -2.41. The zero-order valence-electron chi connectivity index (χ0n) is 11.9. The van der Waals surface area contributed by atoms with E-state index in [0.29, 0.717) is 37.7 Å². The number of ether oxygens (including phenoxy) is 2. The molecule has 7 heteroatoms. The molecule has 0 unspecified atom stereocenters. The van der Waals surface area contributed by atoms with Gasteiger partial charge in [-0.15, -0.1) is 0 Å². The maximum absolute atomic E-state index is 12.4. The number of carbonyl (C=O) groups is 2. The number of carboxylic acids is 1. The first-order valence-electron chi connectivity index (χ1n) is 7.16. The number of carbonyl (C=O) groups excluding carboxylic acids is 1. The van der Waals surface area contributed by atoms with Gasteiger partial charge in [0.15, 0.2) is 11.5 Å². The van der Waals surface area contributed by atoms with Crippen LogP contribution >= 0.6 is 15.9 Å². The second-order valence-corrected chi connectivity index (χ2v) is 6.20. The summed E-state index contributed by atoms with van der Waals surface area (Å²) in [5, 5.41) is 9.17. The summed E-state index contributed by atoms with van der Waals surface area (Å²) < 4.78 is 11.8. The summed E-state index contributed by atoms with van der Waals surface area (Å²) in [6.07, 6.45) is 1.38. The largest absolute Gasteiger partial charge is 0.486 e. The fourth-order valence-electron chi connectivity index (χ4n) is 2.83. The Hall–Kier alpha value is -1.76. The van der Waals surface area contributed by atoms with Crippen LogP contribution in [0, 0.1) is 0 Å². The quantitative estimate of drug-likeness (QED) is 0.879. The predicted octanol–water partition coefficient (Wildman–Crippen LogP) is 1.84. The maximum Gasteiger partial charge on any atom is 0.326 e. The molecule has 1 aromatic carbocycles. The summed E-state index contributed by atoms with van der Waals surface area (Å²) in [4.78, 5) is 25.1. The van der Waals surface area contributed by atoms with Gasteiger partial charge >= 0.3 is 5.97 Å². The van der Waals surface area contributed by atoms with E-state index in [9.17, 15) is 14.7 Å². The zero-order valence-corrected chi connectivity index (χ0v) is 13.5. The van der Waals surface area contributed by atoms with Gasteiger partial charge in [-0.05, 0) is 30.5 Å². The highest BCUT2D eigenvalue weighted by molar-refractivity contribution is 9.10. The van der Waals surface area contributed by atoms with Gasteiger partial charge in [0, 0.05) is 11.0 Å². The van der Waals surface area contributed by atoms with Crippen LogP contribution in [0.3, 0.4) is 0 Å². The van der Waals surface area contributed by atoms with Gasteiger partial charge in [-0.2, -0.15) is 0 Å². The summed E-state index contributed by atoms with van der Waals surface area (Å²) in [6, 6.07) is 2.86. The highest BCUT2D eigenvalue weighted by atomic mass is 79.9. The molecular formula is C15H16BrNO5. The number of carboxylic acid groups (broad SMARTS) is 1. The third kappa shape index (κ3) is 2.90. The molecule has 0 spiro atoms. The Morgan fingerprint density at radius 2 is 1.95 bits per heavy atom. The first-order valence-corrected chi connectivity index (χ1v) is 7.96. The fourth-order valence-corrected chi connectivity index (χ4v) is 3.29. The first-order chi connectivity index (χ1) is 10.6. The first kappa shape index (κ1) is 15.1. The van der Waals surface area contributed by atoms with Gasteiger partial charge in [0.25, 0.3) is 0 Å². The summed E-state index contributed by atoms with van der Waals surface area (Å²) in [7, 11) is 0. The second-order valence-electron chi connectivity index (χ2n) is 5.35. The van der Waals surface area contributed by atoms with Crippen LogP contribution in [0.1, 0.15) is 18.4 Å². The van der Waals surface area contributed by atoms with Crippen molar-refractivity contribution in [3.63, 3.8) is 0 Å². The Morgan fingerprint density at radius 3 is 2.64 bits per heavy atom. The van der Waals surface area contributed by atoms with Crippen molar-refractivity contribution in [1.82, 2.24) is 4.90 Å². The molecule has 1 amide bonds. The molecule has 1 aromatic rings. The monoisotopic (exact) mass is 369 g/mol. The van der Waals surface area contributed by atoms with Crippen molar-refractivity contribution in [2.75, 3.05) is 19.8 Å². The minimum atomic E-state index is -0.938. The number of amides is 1. The third-order valence-corrected chi connectivity index (χ3v) is 4.65. The van der Waals surface area contributed by atoms with E-state index in [4.69, 9.17) is 9.47 Å². The Balaban J connectivity index is 1.78. The van der Waals surface area contributed by atoms with Gasteiger partial charge in [-0.3, -0.25) is 4.79 Å². The van der Waals surface area contributed by atoms with Crippen molar-refractivity contribution in [1.29, 1.82) is 0 Å². The van der Waals surface area contributed by atoms with E-state index in [1.165, 1.54) is 4.90 Å². The number of hydrogen-bond donors (Lipinski definition) is 1. The van der Waals surface area contributed by atoms with Gasteiger partial charge < -0.3 is 19.5 Å². The fraction of sp³-hybridized carbons (Fsp3) is 0.467. The van der Waals surface area contributed by atoms with Crippen LogP contribution in [-0.4, -0.2) is 47.7 Å². The number of aliphatic carboxylic acids is 1. The van der Waals surface area contributed by atoms with Crippen LogP contribution in [-0.2, 0) is 16.0 Å². The molecule has 0 radical (unpaired) electrons. The van der Waals surface area contributed by atoms with E-state index in [2.05, 4.69) is 15.9 Å². The molecule has 1 saturated heterocycles. The van der Waals surface area contributed by atoms with E-state index >= 15 is 0 Å². The molecule has 1 atom stereocenters. The van der Waals surface area contributed by atoms with E-state index in [-0.39, 0.29) is 12.3 Å². The van der Waals surface area contributed by atoms with E-state index < -0.39 is 12.0 Å². The van der Waals surface area contributed by atoms with Gasteiger partial charge in [0.2, 0.25) is 5.91 Å². The smallest absolute Gasteiger partial charge is 0.326 e. The van der Waals surface area contributed by atoms with Crippen LogP contribution in [0.2, 0.25) is 0 Å². The SMILES string of the molecule is O=C(O)[C@H]1CCCN1C(=O)Cc1cc2c(cc1Br)OCCO2. The highest BCUT2D eigenvalue weighted by Crippen LogP contribution is 2.36. The molecule has 2 aliphatic heterocycles. The molecule has 0 saturated carbocycles. The molecular weight excluding hydrogens is 354 g/mol. The van der Waals surface area contributed by atoms with Gasteiger partial charge in [-0.25, -0.2) is 4.79 Å². The number of benzene rings is 1. The van der Waals surface area contributed by atoms with Crippen LogP contribution in [0.5, 0.6) is 11.5 Å². The molecule has 0 aliphatic carbocycles. The average molecular weight is 370 g/mol. The number of rotatable bonds is 3. The predicted molar refractivity (Wildman–Crippen MR) is 81.2 cm³/mol. The van der Waals surface area contributed by atoms with Crippen molar-refractivity contribution < 1.29 is 24.2 Å². The minimum Gasteiger partial charge on any atom is -0.486 e. The molecule has 2 aliphatic rings. The third-order valence-electron chi connectivity index (χ3n) is 3.91. The maximum atomic E-state index is 12.4. The molecule has 6 nitrogen and oxygen atoms in total. The summed E-state index contributed by atoms with van der Waals surface area (Å²) >= 11 is 3.43. The molecule has 3 rings (SSSR count). The van der Waals surface area contributed by atoms with Gasteiger partial charge in [0.1, 0.15) is 19.3 Å². The second kappa shape index (κ2) is 6.16. The van der Waals surface area contributed by atoms with Crippen LogP contribution < -0.4 is 9.47 Å². The molecule has 0 bridgehead atoms. The van der Waals surface area contributed by atoms with E-state index in [1.807, 2.05) is 0 Å². The van der Waals surface area contributed by atoms with Crippen molar-refractivity contribution in [2.24, 2.45) is 0 Å². The zero-order chi connectivity index (χ0) is 15.7. The Kier molecular flexibility index (Phi) is 4.24. The van der Waals surface area contributed by atoms with Crippen molar-refractivity contribution in [3.05, 3.63) is 22.2 Å². The standard InChI is InChI=1S/C15H16BrNO5/c16-10-8-13-12(21-4-5-22-13)6-9(10)7-14(18)17-3-1-2-11(17)15(19)20/h6,8,11H,1-5,7H2,(H,19,20)/t11-/m1/s1. The lowest BCUT2D eigenvalue weighted by Gasteiger charge is -2.23. The van der Waals surface area contributed by atoms with Crippen LogP contribution in [0.4, 0.5) is 0 Å². The van der Waals surface area contributed by atoms with Gasteiger partial charge in [-0.1, -0.05) is 15.9 Å². The van der Waals surface area contributed by atoms with Crippen molar-refractivity contribution in [3.8, 4) is 11.5 Å². The van der Waals surface area contributed by atoms with Crippen molar-refractivity contribution >= 4 is 27.8 Å². The molecule has 1 fully saturated rings. The van der Waals surface area contributed by atoms with Gasteiger partial charge in [0.05, 0.1) is 6.42 Å². The number of fused-ring (bicyclic) bond motifs is 1. The summed E-state index contributed by atoms with van der Waals surface area (Å²) in [6.45, 7) is 1.49. The number of hydrogen-bond acceptors (Lipinski definition) is 4. The highest BCUT2D eigenvalue weighted by Gasteiger charge is 2.34. The van der Waals surface area contributed by atoms with Crippen molar-refractivity contribution in [2.45, 2.75) is 25.3 Å². The number of likely N-dealkylation sites (tertiary alicyclic amines) is 1. The lowest BCUT2D eigenvalue weighted by molar-refractivity contribution is -0.148. The topological polar surface area (TPSA) is 76.1 Å². The van der Waals surface area contributed by atoms with E-state index in [1.54, 1.807) is 12.1 Å². The number of halogens is 1. The van der Waals surface area contributed by atoms with E-state index in [0.717, 1.165) is 16.5 Å². The Labute approximate surface area is 136 Å². The Morgan fingerprint density at radius 1 is 1.27 bits per heavy atom. The number of nitrogens with zero attached hydrogens (tertiary/aromatic N) is 1. The molecule has 22 heavy (non-hydrogen) atoms. The average Bonchev–Trinajstić information content (AvgIpc) is 2.97. The molecule has 118 valence electrons. The lowest BCUT2D eigenvalue weighted by atomic mass is 10.1. The normalized spacial score (nSPS) is 20.0. The summed E-state index contributed by atoms with van der Waals surface area (Å²) in [5.41, 5.74) is 0.769. The molecule has 0 aromatic heterocycles. The molecule has 1 N–H and O–H groups in total. The summed E-state index contributed by atoms with van der Waals surface area (Å²) in [5.74, 6) is 0.154. The van der Waals surface area contributed by atoms with Crippen LogP contribution in [0.15, 0.2) is 16.6 Å². The Bertz CT molecular complexity index is 618. The van der Waals surface area contributed by atoms with Crippen LogP contribution in [0.25, 0.3) is 0 Å². The molecule has 2 heterocycles.